The molecule has 0 unspecified atom stereocenters. The van der Waals surface area contributed by atoms with Crippen LogP contribution in [-0.2, 0) is 4.79 Å². The van der Waals surface area contributed by atoms with Gasteiger partial charge in [0.1, 0.15) is 0 Å². The molecule has 0 aromatic heterocycles. The van der Waals surface area contributed by atoms with Gasteiger partial charge in [-0.25, -0.2) is 0 Å². The summed E-state index contributed by atoms with van der Waals surface area (Å²) in [7, 11) is 0. The van der Waals surface area contributed by atoms with Crippen molar-refractivity contribution in [1.82, 2.24) is 5.32 Å². The maximum Gasteiger partial charge on any atom is 0.217 e. The van der Waals surface area contributed by atoms with Crippen molar-refractivity contribution in [2.75, 3.05) is 6.54 Å². The predicted octanol–water partition coefficient (Wildman–Crippen LogP) is 1.00. The second-order valence-electron chi connectivity index (χ2n) is 1.56. The van der Waals surface area contributed by atoms with Crippen LogP contribution in [0.2, 0.25) is 0 Å². The van der Waals surface area contributed by atoms with Crippen LogP contribution in [0.4, 0.5) is 0 Å². The predicted molar refractivity (Wildman–Crippen MR) is 44.7 cm³/mol. The minimum atomic E-state index is -0.0140. The summed E-state index contributed by atoms with van der Waals surface area (Å²) < 4.78 is 0. The van der Waals surface area contributed by atoms with Crippen LogP contribution >= 0.6 is 0 Å². The second-order valence-corrected chi connectivity index (χ2v) is 1.56. The van der Waals surface area contributed by atoms with Gasteiger partial charge in [-0.2, -0.15) is 5.26 Å². The van der Waals surface area contributed by atoms with Crippen molar-refractivity contribution in [3.05, 3.63) is 25.3 Å². The lowest BCUT2D eigenvalue weighted by atomic mass is 10.6. The van der Waals surface area contributed by atoms with Gasteiger partial charge in [-0.15, -0.1) is 6.58 Å². The Kier molecular flexibility index (Phi) is 12.4. The number of nitrogens with zero attached hydrogens (tertiary/aromatic N) is 1. The fourth-order valence-electron chi connectivity index (χ4n) is 0.216. The van der Waals surface area contributed by atoms with Gasteiger partial charge in [-0.3, -0.25) is 4.79 Å². The number of carbonyl (C=O) groups excluding carboxylic acids is 1. The molecule has 0 spiro atoms. The van der Waals surface area contributed by atoms with Gasteiger partial charge in [0, 0.05) is 19.5 Å². The number of hydrogen-bond acceptors (Lipinski definition) is 2. The minimum Gasteiger partial charge on any atom is -0.353 e. The Hall–Kier alpha value is -1.56. The third kappa shape index (κ3) is 29.6. The van der Waals surface area contributed by atoms with Gasteiger partial charge in [-0.05, 0) is 0 Å². The van der Waals surface area contributed by atoms with Gasteiger partial charge in [0.25, 0.3) is 0 Å². The van der Waals surface area contributed by atoms with E-state index >= 15 is 0 Å². The highest BCUT2D eigenvalue weighted by Crippen LogP contribution is 1.59. The zero-order chi connectivity index (χ0) is 9.11. The first-order valence-corrected chi connectivity index (χ1v) is 3.04. The van der Waals surface area contributed by atoms with Gasteiger partial charge >= 0.3 is 0 Å². The summed E-state index contributed by atoms with van der Waals surface area (Å²) in [6.07, 6.45) is 2.82. The molecule has 0 bridgehead atoms. The first kappa shape index (κ1) is 12.1. The maximum absolute atomic E-state index is 10.0. The van der Waals surface area contributed by atoms with Crippen molar-refractivity contribution in [2.45, 2.75) is 6.92 Å². The molecular weight excluding hydrogens is 140 g/mol. The Bertz CT molecular complexity index is 167. The molecular formula is C8H12N2O. The van der Waals surface area contributed by atoms with Crippen molar-refractivity contribution in [3.8, 4) is 6.07 Å². The highest BCUT2D eigenvalue weighted by molar-refractivity contribution is 5.72. The Labute approximate surface area is 67.0 Å². The Morgan fingerprint density at radius 1 is 1.73 bits per heavy atom. The fraction of sp³-hybridized carbons (Fsp3) is 0.250. The fourth-order valence-corrected chi connectivity index (χ4v) is 0.216. The van der Waals surface area contributed by atoms with E-state index in [0.717, 1.165) is 0 Å². The number of rotatable bonds is 2. The van der Waals surface area contributed by atoms with E-state index in [2.05, 4.69) is 18.5 Å². The van der Waals surface area contributed by atoms with Crippen LogP contribution in [-0.4, -0.2) is 12.5 Å². The quantitative estimate of drug-likeness (QED) is 0.474. The van der Waals surface area contributed by atoms with Gasteiger partial charge < -0.3 is 5.32 Å². The molecule has 3 heteroatoms. The second kappa shape index (κ2) is 11.3. The van der Waals surface area contributed by atoms with Crippen LogP contribution in [0.1, 0.15) is 6.92 Å². The molecule has 0 aliphatic carbocycles. The number of amides is 1. The standard InChI is InChI=1S/C5H9NO.C3H3N/c1-3-4-6-5(2)7;1-2-3-4/h3H,1,4H2,2H3,(H,6,7);2H,1H2. The van der Waals surface area contributed by atoms with Gasteiger partial charge in [0.2, 0.25) is 5.91 Å². The molecule has 0 aliphatic heterocycles. The van der Waals surface area contributed by atoms with E-state index in [4.69, 9.17) is 5.26 Å². The van der Waals surface area contributed by atoms with Crippen LogP contribution in [0.25, 0.3) is 0 Å². The molecule has 11 heavy (non-hydrogen) atoms. The molecule has 0 saturated carbocycles. The molecule has 0 fully saturated rings. The molecule has 0 aromatic rings. The zero-order valence-electron chi connectivity index (χ0n) is 6.63. The summed E-state index contributed by atoms with van der Waals surface area (Å²) in [6.45, 7) is 8.58. The smallest absolute Gasteiger partial charge is 0.217 e. The number of carbonyl (C=O) groups is 1. The van der Waals surface area contributed by atoms with Crippen LogP contribution < -0.4 is 5.32 Å². The molecule has 0 atom stereocenters. The first-order valence-electron chi connectivity index (χ1n) is 3.04. The molecule has 1 amide bonds. The van der Waals surface area contributed by atoms with Crippen LogP contribution in [0, 0.1) is 11.3 Å². The van der Waals surface area contributed by atoms with E-state index in [0.29, 0.717) is 6.54 Å². The van der Waals surface area contributed by atoms with Crippen molar-refractivity contribution in [1.29, 1.82) is 5.26 Å². The first-order chi connectivity index (χ1) is 5.18. The van der Waals surface area contributed by atoms with Crippen molar-refractivity contribution in [2.24, 2.45) is 0 Å². The largest absolute Gasteiger partial charge is 0.353 e. The lowest BCUT2D eigenvalue weighted by Gasteiger charge is -1.90. The monoisotopic (exact) mass is 152 g/mol. The molecule has 0 aromatic carbocycles. The van der Waals surface area contributed by atoms with Gasteiger partial charge in [-0.1, -0.05) is 12.7 Å². The molecule has 1 N–H and O–H groups in total. The van der Waals surface area contributed by atoms with Crippen LogP contribution in [0.5, 0.6) is 0 Å². The normalized spacial score (nSPS) is 6.18. The van der Waals surface area contributed by atoms with Crippen LogP contribution in [0.3, 0.4) is 0 Å². The van der Waals surface area contributed by atoms with Crippen molar-refractivity contribution < 1.29 is 4.79 Å². The summed E-state index contributed by atoms with van der Waals surface area (Å²) >= 11 is 0. The SMILES string of the molecule is C=CC#N.C=CCNC(C)=O. The number of allylic oxidation sites excluding steroid dienone is 1. The molecule has 60 valence electrons. The highest BCUT2D eigenvalue weighted by Gasteiger charge is 1.80. The Balaban J connectivity index is 0. The number of nitriles is 1. The summed E-state index contributed by atoms with van der Waals surface area (Å²) in [4.78, 5) is 10.0. The average molecular weight is 152 g/mol. The Morgan fingerprint density at radius 2 is 2.18 bits per heavy atom. The van der Waals surface area contributed by atoms with E-state index in [1.165, 1.54) is 13.0 Å². The van der Waals surface area contributed by atoms with Crippen molar-refractivity contribution >= 4 is 5.91 Å². The highest BCUT2D eigenvalue weighted by atomic mass is 16.1. The molecule has 0 heterocycles. The van der Waals surface area contributed by atoms with Gasteiger partial charge in [0.15, 0.2) is 0 Å². The third-order valence-corrected chi connectivity index (χ3v) is 0.587. The number of hydrogen-bond donors (Lipinski definition) is 1. The summed E-state index contributed by atoms with van der Waals surface area (Å²) in [5.74, 6) is -0.0140. The van der Waals surface area contributed by atoms with E-state index < -0.39 is 0 Å². The summed E-state index contributed by atoms with van der Waals surface area (Å²) in [5, 5.41) is 10.0. The lowest BCUT2D eigenvalue weighted by molar-refractivity contribution is -0.118. The van der Waals surface area contributed by atoms with E-state index in [1.807, 2.05) is 0 Å². The summed E-state index contributed by atoms with van der Waals surface area (Å²) in [5.41, 5.74) is 0. The average Bonchev–Trinajstić information content (AvgIpc) is 2.01. The molecule has 0 radical (unpaired) electrons. The summed E-state index contributed by atoms with van der Waals surface area (Å²) in [6, 6.07) is 1.69. The maximum atomic E-state index is 10.0. The van der Waals surface area contributed by atoms with E-state index in [1.54, 1.807) is 12.1 Å². The molecule has 0 rings (SSSR count). The zero-order valence-corrected chi connectivity index (χ0v) is 6.63. The molecule has 0 saturated heterocycles. The van der Waals surface area contributed by atoms with Gasteiger partial charge in [0.05, 0.1) is 6.07 Å². The third-order valence-electron chi connectivity index (χ3n) is 0.587. The van der Waals surface area contributed by atoms with Crippen LogP contribution in [0.15, 0.2) is 25.3 Å². The molecule has 3 nitrogen and oxygen atoms in total. The van der Waals surface area contributed by atoms with E-state index in [-0.39, 0.29) is 5.91 Å². The lowest BCUT2D eigenvalue weighted by Crippen LogP contribution is -2.18. The van der Waals surface area contributed by atoms with Crippen molar-refractivity contribution in [3.63, 3.8) is 0 Å². The molecule has 0 aliphatic rings. The minimum absolute atomic E-state index is 0.0140. The Morgan fingerprint density at radius 3 is 2.27 bits per heavy atom. The number of nitrogens with one attached hydrogen (secondary N) is 1. The van der Waals surface area contributed by atoms with E-state index in [9.17, 15) is 4.79 Å². The topological polar surface area (TPSA) is 52.9 Å².